The lowest BCUT2D eigenvalue weighted by Gasteiger charge is -2.29. The molecular weight excluding hydrogens is 445 g/mol. The van der Waals surface area contributed by atoms with E-state index < -0.39 is 12.0 Å². The number of benzene rings is 1. The minimum atomic E-state index is -4.51. The second kappa shape index (κ2) is 8.47. The molecule has 1 aliphatic rings. The van der Waals surface area contributed by atoms with E-state index in [4.69, 9.17) is 10.7 Å². The Labute approximate surface area is 193 Å². The van der Waals surface area contributed by atoms with Crippen LogP contribution >= 0.6 is 0 Å². The van der Waals surface area contributed by atoms with E-state index in [0.717, 1.165) is 38.7 Å². The molecule has 0 atom stereocenters. The molecule has 0 spiro atoms. The molecule has 3 N–H and O–H groups in total. The highest BCUT2D eigenvalue weighted by atomic mass is 19.4. The Hall–Kier alpha value is -3.89. The number of halogens is 3. The SMILES string of the molecule is CCc1nc(N2CCn3c(nnc3C(F)(F)F)C2)ccc1CNc1cccc2c(N)nccc12. The average molecular weight is 468 g/mol. The van der Waals surface area contributed by atoms with E-state index in [1.54, 1.807) is 6.20 Å². The van der Waals surface area contributed by atoms with Crippen LogP contribution in [-0.2, 0) is 32.2 Å². The van der Waals surface area contributed by atoms with Crippen molar-refractivity contribution >= 4 is 28.1 Å². The van der Waals surface area contributed by atoms with Crippen molar-refractivity contribution in [2.24, 2.45) is 0 Å². The number of nitrogens with one attached hydrogen (secondary N) is 1. The third-order valence-corrected chi connectivity index (χ3v) is 6.03. The quantitative estimate of drug-likeness (QED) is 0.457. The molecule has 3 aromatic heterocycles. The van der Waals surface area contributed by atoms with Gasteiger partial charge in [0.05, 0.1) is 6.54 Å². The predicted molar refractivity (Wildman–Crippen MR) is 123 cm³/mol. The number of rotatable bonds is 5. The number of pyridine rings is 2. The highest BCUT2D eigenvalue weighted by Gasteiger charge is 2.39. The molecule has 0 radical (unpaired) electrons. The van der Waals surface area contributed by atoms with E-state index in [0.29, 0.717) is 24.7 Å². The van der Waals surface area contributed by atoms with E-state index >= 15 is 0 Å². The molecule has 176 valence electrons. The summed E-state index contributed by atoms with van der Waals surface area (Å²) < 4.78 is 40.5. The molecule has 34 heavy (non-hydrogen) atoms. The van der Waals surface area contributed by atoms with Gasteiger partial charge >= 0.3 is 6.18 Å². The van der Waals surface area contributed by atoms with Gasteiger partial charge in [0.2, 0.25) is 5.82 Å². The number of nitrogens with zero attached hydrogens (tertiary/aromatic N) is 6. The fourth-order valence-corrected chi connectivity index (χ4v) is 4.30. The lowest BCUT2D eigenvalue weighted by atomic mass is 10.1. The van der Waals surface area contributed by atoms with Crippen molar-refractivity contribution in [2.75, 3.05) is 22.5 Å². The Morgan fingerprint density at radius 3 is 2.71 bits per heavy atom. The van der Waals surface area contributed by atoms with Crippen LogP contribution in [0.5, 0.6) is 0 Å². The third kappa shape index (κ3) is 3.97. The van der Waals surface area contributed by atoms with Gasteiger partial charge in [0, 0.05) is 48.0 Å². The van der Waals surface area contributed by atoms with Crippen LogP contribution in [0.1, 0.15) is 29.8 Å². The number of aryl methyl sites for hydroxylation is 1. The standard InChI is InChI=1S/C23H23F3N8/c1-2-17-14(12-29-18-5-3-4-16-15(18)8-9-28-21(16)27)6-7-19(30-17)33-10-11-34-20(13-33)31-32-22(34)23(24,25)26/h3-9,29H,2,10-13H2,1H3,(H2,27,28). The van der Waals surface area contributed by atoms with Crippen molar-refractivity contribution < 1.29 is 13.2 Å². The maximum absolute atomic E-state index is 13.1. The normalized spacial score (nSPS) is 13.8. The summed E-state index contributed by atoms with van der Waals surface area (Å²) in [6.45, 7) is 3.38. The summed E-state index contributed by atoms with van der Waals surface area (Å²) in [5, 5.41) is 12.5. The first-order valence-electron chi connectivity index (χ1n) is 10.9. The molecule has 1 aromatic carbocycles. The molecule has 0 saturated carbocycles. The summed E-state index contributed by atoms with van der Waals surface area (Å²) in [6, 6.07) is 11.7. The van der Waals surface area contributed by atoms with Crippen molar-refractivity contribution in [2.45, 2.75) is 39.2 Å². The summed E-state index contributed by atoms with van der Waals surface area (Å²) in [5.41, 5.74) is 8.92. The van der Waals surface area contributed by atoms with E-state index in [9.17, 15) is 13.2 Å². The first kappa shape index (κ1) is 21.9. The van der Waals surface area contributed by atoms with Gasteiger partial charge in [0.15, 0.2) is 5.82 Å². The van der Waals surface area contributed by atoms with E-state index in [1.165, 1.54) is 0 Å². The molecule has 8 nitrogen and oxygen atoms in total. The molecule has 5 rings (SSSR count). The van der Waals surface area contributed by atoms with Crippen LogP contribution in [0.4, 0.5) is 30.5 Å². The van der Waals surface area contributed by atoms with Gasteiger partial charge < -0.3 is 20.5 Å². The predicted octanol–water partition coefficient (Wildman–Crippen LogP) is 4.02. The molecule has 4 heterocycles. The van der Waals surface area contributed by atoms with Gasteiger partial charge in [-0.15, -0.1) is 10.2 Å². The number of nitrogen functional groups attached to an aromatic ring is 1. The van der Waals surface area contributed by atoms with Gasteiger partial charge in [0.25, 0.3) is 0 Å². The topological polar surface area (TPSA) is 97.8 Å². The van der Waals surface area contributed by atoms with Crippen LogP contribution in [0.15, 0.2) is 42.6 Å². The number of fused-ring (bicyclic) bond motifs is 2. The molecule has 0 saturated heterocycles. The van der Waals surface area contributed by atoms with Crippen molar-refractivity contribution in [1.82, 2.24) is 24.7 Å². The van der Waals surface area contributed by atoms with Gasteiger partial charge in [-0.3, -0.25) is 0 Å². The van der Waals surface area contributed by atoms with Gasteiger partial charge in [0.1, 0.15) is 11.6 Å². The molecule has 4 aromatic rings. The molecule has 0 fully saturated rings. The van der Waals surface area contributed by atoms with Crippen LogP contribution in [0.3, 0.4) is 0 Å². The highest BCUT2D eigenvalue weighted by molar-refractivity contribution is 5.99. The zero-order chi connectivity index (χ0) is 23.9. The Morgan fingerprint density at radius 1 is 1.06 bits per heavy atom. The van der Waals surface area contributed by atoms with Gasteiger partial charge in [-0.2, -0.15) is 13.2 Å². The zero-order valence-electron chi connectivity index (χ0n) is 18.5. The Kier molecular flexibility index (Phi) is 5.46. The van der Waals surface area contributed by atoms with Gasteiger partial charge in [-0.05, 0) is 30.2 Å². The summed E-state index contributed by atoms with van der Waals surface area (Å²) in [4.78, 5) is 10.9. The smallest absolute Gasteiger partial charge is 0.383 e. The second-order valence-corrected chi connectivity index (χ2v) is 8.09. The molecule has 0 bridgehead atoms. The second-order valence-electron chi connectivity index (χ2n) is 8.09. The number of anilines is 3. The average Bonchev–Trinajstić information content (AvgIpc) is 3.27. The van der Waals surface area contributed by atoms with Crippen LogP contribution in [0.2, 0.25) is 0 Å². The zero-order valence-corrected chi connectivity index (χ0v) is 18.5. The molecule has 0 amide bonds. The first-order chi connectivity index (χ1) is 16.3. The van der Waals surface area contributed by atoms with E-state index in [-0.39, 0.29) is 18.9 Å². The van der Waals surface area contributed by atoms with Crippen molar-refractivity contribution in [3.05, 3.63) is 65.5 Å². The van der Waals surface area contributed by atoms with Crippen LogP contribution in [0, 0.1) is 0 Å². The van der Waals surface area contributed by atoms with Gasteiger partial charge in [-0.25, -0.2) is 9.97 Å². The first-order valence-corrected chi connectivity index (χ1v) is 10.9. The minimum absolute atomic E-state index is 0.155. The van der Waals surface area contributed by atoms with Crippen molar-refractivity contribution in [3.63, 3.8) is 0 Å². The van der Waals surface area contributed by atoms with Gasteiger partial charge in [-0.1, -0.05) is 25.1 Å². The molecule has 0 unspecified atom stereocenters. The van der Waals surface area contributed by atoms with Crippen LogP contribution in [-0.4, -0.2) is 31.3 Å². The third-order valence-electron chi connectivity index (χ3n) is 6.03. The lowest BCUT2D eigenvalue weighted by Crippen LogP contribution is -2.36. The number of hydrogen-bond acceptors (Lipinski definition) is 7. The van der Waals surface area contributed by atoms with E-state index in [2.05, 4.69) is 20.5 Å². The monoisotopic (exact) mass is 468 g/mol. The summed E-state index contributed by atoms with van der Waals surface area (Å²) in [6.07, 6.45) is -2.10. The maximum Gasteiger partial charge on any atom is 0.451 e. The van der Waals surface area contributed by atoms with E-state index in [1.807, 2.05) is 48.2 Å². The molecule has 1 aliphatic heterocycles. The molecule has 11 heteroatoms. The Bertz CT molecular complexity index is 1350. The number of nitrogens with two attached hydrogens (primary N) is 1. The van der Waals surface area contributed by atoms with Crippen molar-refractivity contribution in [3.8, 4) is 0 Å². The fourth-order valence-electron chi connectivity index (χ4n) is 4.30. The lowest BCUT2D eigenvalue weighted by molar-refractivity contribution is -0.147. The number of hydrogen-bond donors (Lipinski definition) is 2. The minimum Gasteiger partial charge on any atom is -0.383 e. The van der Waals surface area contributed by atoms with Crippen LogP contribution < -0.4 is 16.0 Å². The largest absolute Gasteiger partial charge is 0.451 e. The highest BCUT2D eigenvalue weighted by Crippen LogP contribution is 2.31. The molecular formula is C23H23F3N8. The summed E-state index contributed by atoms with van der Waals surface area (Å²) >= 11 is 0. The van der Waals surface area contributed by atoms with Crippen LogP contribution in [0.25, 0.3) is 10.8 Å². The molecule has 0 aliphatic carbocycles. The number of alkyl halides is 3. The maximum atomic E-state index is 13.1. The Balaban J connectivity index is 1.35. The summed E-state index contributed by atoms with van der Waals surface area (Å²) in [7, 11) is 0. The van der Waals surface area contributed by atoms with Crippen molar-refractivity contribution in [1.29, 1.82) is 0 Å². The fraction of sp³-hybridized carbons (Fsp3) is 0.304. The summed E-state index contributed by atoms with van der Waals surface area (Å²) in [5.74, 6) is 0.541. The Morgan fingerprint density at radius 2 is 1.91 bits per heavy atom. The number of aromatic nitrogens is 5.